The number of carbonyl (C=O) groups is 1. The highest BCUT2D eigenvalue weighted by Gasteiger charge is 2.15. The van der Waals surface area contributed by atoms with E-state index in [2.05, 4.69) is 20.9 Å². The predicted molar refractivity (Wildman–Crippen MR) is 66.6 cm³/mol. The van der Waals surface area contributed by atoms with Crippen LogP contribution in [-0.2, 0) is 4.79 Å². The normalized spacial score (nSPS) is 11.3. The van der Waals surface area contributed by atoms with Gasteiger partial charge in [-0.05, 0) is 20.8 Å². The first-order chi connectivity index (χ1) is 7.83. The minimum absolute atomic E-state index is 0.0900. The molecule has 6 N–H and O–H groups in total. The quantitative estimate of drug-likeness (QED) is 0.320. The van der Waals surface area contributed by atoms with Gasteiger partial charge in [-0.1, -0.05) is 11.8 Å². The summed E-state index contributed by atoms with van der Waals surface area (Å²) in [4.78, 5) is 11.5. The fourth-order valence-corrected chi connectivity index (χ4v) is 1.71. The van der Waals surface area contributed by atoms with Crippen molar-refractivity contribution in [3.05, 3.63) is 0 Å². The summed E-state index contributed by atoms with van der Waals surface area (Å²) in [5, 5.41) is 10.7. The molecule has 0 saturated heterocycles. The van der Waals surface area contributed by atoms with Crippen LogP contribution in [0.15, 0.2) is 5.16 Å². The van der Waals surface area contributed by atoms with Crippen LogP contribution in [0.1, 0.15) is 20.8 Å². The SMILES string of the molecule is CC(C)(C)NC(=O)CSc1nnc(NN)n1N. The number of hydrogen-bond donors (Lipinski definition) is 4. The zero-order chi connectivity index (χ0) is 13.1. The second-order valence-electron chi connectivity index (χ2n) is 4.41. The maximum Gasteiger partial charge on any atom is 0.258 e. The summed E-state index contributed by atoms with van der Waals surface area (Å²) >= 11 is 1.19. The largest absolute Gasteiger partial charge is 0.351 e. The number of nitrogen functional groups attached to an aromatic ring is 2. The van der Waals surface area contributed by atoms with Gasteiger partial charge in [-0.15, -0.1) is 10.2 Å². The van der Waals surface area contributed by atoms with Crippen LogP contribution in [-0.4, -0.2) is 32.1 Å². The van der Waals surface area contributed by atoms with Crippen LogP contribution in [0.4, 0.5) is 5.95 Å². The molecule has 1 aromatic rings. The Morgan fingerprint density at radius 3 is 2.59 bits per heavy atom. The summed E-state index contributed by atoms with van der Waals surface area (Å²) in [7, 11) is 0. The van der Waals surface area contributed by atoms with Gasteiger partial charge in [-0.2, -0.15) is 0 Å². The predicted octanol–water partition coefficient (Wildman–Crippen LogP) is -0.716. The molecule has 0 aliphatic carbocycles. The molecule has 1 amide bonds. The Labute approximate surface area is 103 Å². The average molecular weight is 259 g/mol. The number of aromatic nitrogens is 3. The third-order valence-corrected chi connectivity index (χ3v) is 2.58. The van der Waals surface area contributed by atoms with Crippen LogP contribution in [0.3, 0.4) is 0 Å². The molecule has 0 saturated carbocycles. The molecule has 0 atom stereocenters. The van der Waals surface area contributed by atoms with Gasteiger partial charge in [0, 0.05) is 5.54 Å². The molecule has 1 aromatic heterocycles. The molecule has 0 aromatic carbocycles. The number of nitrogens with two attached hydrogens (primary N) is 2. The van der Waals surface area contributed by atoms with E-state index in [4.69, 9.17) is 11.7 Å². The summed E-state index contributed by atoms with van der Waals surface area (Å²) in [6.07, 6.45) is 0. The van der Waals surface area contributed by atoms with Crippen LogP contribution in [0, 0.1) is 0 Å². The number of amides is 1. The number of thioether (sulfide) groups is 1. The third kappa shape index (κ3) is 4.11. The molecule has 0 bridgehead atoms. The Balaban J connectivity index is 2.50. The maximum atomic E-state index is 11.5. The van der Waals surface area contributed by atoms with Crippen LogP contribution in [0.2, 0.25) is 0 Å². The summed E-state index contributed by atoms with van der Waals surface area (Å²) in [6.45, 7) is 5.74. The van der Waals surface area contributed by atoms with Gasteiger partial charge in [0.25, 0.3) is 5.95 Å². The number of anilines is 1. The van der Waals surface area contributed by atoms with Crippen LogP contribution in [0.5, 0.6) is 0 Å². The van der Waals surface area contributed by atoms with Crippen molar-refractivity contribution < 1.29 is 4.79 Å². The molecule has 0 spiro atoms. The molecule has 8 nitrogen and oxygen atoms in total. The van der Waals surface area contributed by atoms with Gasteiger partial charge >= 0.3 is 0 Å². The van der Waals surface area contributed by atoms with E-state index in [1.807, 2.05) is 20.8 Å². The zero-order valence-electron chi connectivity index (χ0n) is 10.0. The molecular weight excluding hydrogens is 242 g/mol. The van der Waals surface area contributed by atoms with E-state index < -0.39 is 0 Å². The Bertz CT molecular complexity index is 397. The van der Waals surface area contributed by atoms with Crippen molar-refractivity contribution in [2.45, 2.75) is 31.5 Å². The van der Waals surface area contributed by atoms with Gasteiger partial charge in [-0.25, -0.2) is 10.5 Å². The molecule has 96 valence electrons. The average Bonchev–Trinajstić information content (AvgIpc) is 2.54. The number of rotatable bonds is 4. The molecule has 1 heterocycles. The van der Waals surface area contributed by atoms with Crippen LogP contribution < -0.4 is 22.4 Å². The van der Waals surface area contributed by atoms with Crippen molar-refractivity contribution in [1.82, 2.24) is 20.2 Å². The maximum absolute atomic E-state index is 11.5. The number of hydrazine groups is 1. The van der Waals surface area contributed by atoms with E-state index in [0.29, 0.717) is 5.16 Å². The van der Waals surface area contributed by atoms with Crippen LogP contribution in [0.25, 0.3) is 0 Å². The first-order valence-corrected chi connectivity index (χ1v) is 5.93. The van der Waals surface area contributed by atoms with Crippen molar-refractivity contribution in [3.8, 4) is 0 Å². The lowest BCUT2D eigenvalue weighted by atomic mass is 10.1. The molecular formula is C8H17N7OS. The lowest BCUT2D eigenvalue weighted by Gasteiger charge is -2.20. The van der Waals surface area contributed by atoms with E-state index in [1.54, 1.807) is 0 Å². The third-order valence-electron chi connectivity index (χ3n) is 1.64. The van der Waals surface area contributed by atoms with Gasteiger partial charge in [-0.3, -0.25) is 10.2 Å². The molecule has 17 heavy (non-hydrogen) atoms. The van der Waals surface area contributed by atoms with E-state index in [9.17, 15) is 4.79 Å². The number of carbonyl (C=O) groups excluding carboxylic acids is 1. The Hall–Kier alpha value is -1.48. The van der Waals surface area contributed by atoms with E-state index in [-0.39, 0.29) is 23.1 Å². The van der Waals surface area contributed by atoms with Gasteiger partial charge < -0.3 is 11.2 Å². The van der Waals surface area contributed by atoms with Gasteiger partial charge in [0.2, 0.25) is 11.1 Å². The summed E-state index contributed by atoms with van der Waals surface area (Å²) in [5.74, 6) is 11.2. The van der Waals surface area contributed by atoms with Crippen molar-refractivity contribution >= 4 is 23.6 Å². The van der Waals surface area contributed by atoms with Crippen molar-refractivity contribution in [1.29, 1.82) is 0 Å². The fraction of sp³-hybridized carbons (Fsp3) is 0.625. The monoisotopic (exact) mass is 259 g/mol. The first-order valence-electron chi connectivity index (χ1n) is 4.94. The molecule has 1 rings (SSSR count). The molecule has 0 radical (unpaired) electrons. The summed E-state index contributed by atoms with van der Waals surface area (Å²) in [5.41, 5.74) is 2.04. The van der Waals surface area contributed by atoms with Crippen molar-refractivity contribution in [2.75, 3.05) is 17.0 Å². The highest BCUT2D eigenvalue weighted by Crippen LogP contribution is 2.15. The molecule has 0 fully saturated rings. The Morgan fingerprint density at radius 1 is 1.47 bits per heavy atom. The topological polar surface area (TPSA) is 124 Å². The first kappa shape index (κ1) is 13.6. The molecule has 0 unspecified atom stereocenters. The molecule has 9 heteroatoms. The van der Waals surface area contributed by atoms with Gasteiger partial charge in [0.1, 0.15) is 0 Å². The molecule has 0 aliphatic rings. The molecule has 0 aliphatic heterocycles. The zero-order valence-corrected chi connectivity index (χ0v) is 10.8. The van der Waals surface area contributed by atoms with E-state index in [1.165, 1.54) is 16.4 Å². The summed E-state index contributed by atoms with van der Waals surface area (Å²) in [6, 6.07) is 0. The Kier molecular flexibility index (Phi) is 4.18. The Morgan fingerprint density at radius 2 is 2.12 bits per heavy atom. The highest BCUT2D eigenvalue weighted by atomic mass is 32.2. The van der Waals surface area contributed by atoms with Gasteiger partial charge in [0.15, 0.2) is 0 Å². The highest BCUT2D eigenvalue weighted by molar-refractivity contribution is 7.99. The lowest BCUT2D eigenvalue weighted by molar-refractivity contribution is -0.119. The van der Waals surface area contributed by atoms with Crippen LogP contribution >= 0.6 is 11.8 Å². The summed E-state index contributed by atoms with van der Waals surface area (Å²) < 4.78 is 1.19. The smallest absolute Gasteiger partial charge is 0.258 e. The van der Waals surface area contributed by atoms with E-state index in [0.717, 1.165) is 0 Å². The second-order valence-corrected chi connectivity index (χ2v) is 5.35. The fourth-order valence-electron chi connectivity index (χ4n) is 1.06. The van der Waals surface area contributed by atoms with Crippen molar-refractivity contribution in [3.63, 3.8) is 0 Å². The second kappa shape index (κ2) is 5.23. The minimum Gasteiger partial charge on any atom is -0.351 e. The number of nitrogens with zero attached hydrogens (tertiary/aromatic N) is 3. The minimum atomic E-state index is -0.252. The number of hydrogen-bond acceptors (Lipinski definition) is 7. The lowest BCUT2D eigenvalue weighted by Crippen LogP contribution is -2.41. The standard InChI is InChI=1S/C8H17N7OS/c1-8(2,3)11-5(16)4-17-7-14-13-6(12-9)15(7)10/h4,9-10H2,1-3H3,(H,11,16)(H,12,13). The van der Waals surface area contributed by atoms with E-state index >= 15 is 0 Å². The van der Waals surface area contributed by atoms with Gasteiger partial charge in [0.05, 0.1) is 5.75 Å². The van der Waals surface area contributed by atoms with Crippen molar-refractivity contribution in [2.24, 2.45) is 5.84 Å². The number of nitrogens with one attached hydrogen (secondary N) is 2.